The Morgan fingerprint density at radius 2 is 1.83 bits per heavy atom. The van der Waals surface area contributed by atoms with E-state index in [9.17, 15) is 9.90 Å². The summed E-state index contributed by atoms with van der Waals surface area (Å²) in [6.45, 7) is 3.90. The number of imidazole rings is 1. The number of carbonyl (C=O) groups is 1. The number of aryl methyl sites for hydroxylation is 1. The van der Waals surface area contributed by atoms with Crippen LogP contribution in [0.25, 0.3) is 22.6 Å². The zero-order chi connectivity index (χ0) is 21.1. The minimum Gasteiger partial charge on any atom is -0.497 e. The lowest BCUT2D eigenvalue weighted by molar-refractivity contribution is 0.0684. The van der Waals surface area contributed by atoms with Gasteiger partial charge in [-0.3, -0.25) is 0 Å². The zero-order valence-corrected chi connectivity index (χ0v) is 17.6. The van der Waals surface area contributed by atoms with Gasteiger partial charge in [-0.25, -0.2) is 19.7 Å². The molecule has 1 aromatic carbocycles. The lowest BCUT2D eigenvalue weighted by Gasteiger charge is -2.26. The first-order valence-electron chi connectivity index (χ1n) is 10.1. The summed E-state index contributed by atoms with van der Waals surface area (Å²) < 4.78 is 7.19. The number of hydrogen-bond donors (Lipinski definition) is 1. The third-order valence-corrected chi connectivity index (χ3v) is 5.66. The van der Waals surface area contributed by atoms with E-state index in [1.165, 1.54) is 19.3 Å². The van der Waals surface area contributed by atoms with Gasteiger partial charge in [-0.05, 0) is 63.2 Å². The molecule has 0 saturated carbocycles. The standard InChI is InChI=1S/C21H24ClN5O3/c1-30-15-8-6-14(7-9-15)19-23-16-17(22)24-18(21(28)29)25-20(16)27(19)13-5-12-26-10-3-2-4-11-26/h6-9H,2-5,10-13H2,1H3,(H,28,29). The van der Waals surface area contributed by atoms with Crippen molar-refractivity contribution < 1.29 is 14.6 Å². The summed E-state index contributed by atoms with van der Waals surface area (Å²) in [5, 5.41) is 9.40. The molecule has 30 heavy (non-hydrogen) atoms. The number of hydrogen-bond acceptors (Lipinski definition) is 6. The van der Waals surface area contributed by atoms with E-state index >= 15 is 0 Å². The van der Waals surface area contributed by atoms with Gasteiger partial charge < -0.3 is 19.3 Å². The Balaban J connectivity index is 1.71. The predicted molar refractivity (Wildman–Crippen MR) is 114 cm³/mol. The van der Waals surface area contributed by atoms with Crippen LogP contribution < -0.4 is 4.74 Å². The molecule has 0 spiro atoms. The van der Waals surface area contributed by atoms with Crippen LogP contribution in [0, 0.1) is 0 Å². The second-order valence-corrected chi connectivity index (χ2v) is 7.74. The zero-order valence-electron chi connectivity index (χ0n) is 16.8. The first-order chi connectivity index (χ1) is 14.6. The summed E-state index contributed by atoms with van der Waals surface area (Å²) in [5.41, 5.74) is 1.72. The Kier molecular flexibility index (Phi) is 6.15. The Labute approximate surface area is 179 Å². The van der Waals surface area contributed by atoms with Crippen LogP contribution in [0.15, 0.2) is 24.3 Å². The first kappa shape index (κ1) is 20.6. The number of carboxylic acids is 1. The minimum atomic E-state index is -1.22. The summed E-state index contributed by atoms with van der Waals surface area (Å²) in [7, 11) is 1.62. The highest BCUT2D eigenvalue weighted by atomic mass is 35.5. The summed E-state index contributed by atoms with van der Waals surface area (Å²) in [6.07, 6.45) is 4.70. The smallest absolute Gasteiger partial charge is 0.374 e. The van der Waals surface area contributed by atoms with Crippen LogP contribution in [-0.2, 0) is 6.54 Å². The summed E-state index contributed by atoms with van der Waals surface area (Å²) in [6, 6.07) is 7.56. The van der Waals surface area contributed by atoms with E-state index in [0.717, 1.165) is 37.4 Å². The number of nitrogens with zero attached hydrogens (tertiary/aromatic N) is 5. The molecular weight excluding hydrogens is 406 g/mol. The SMILES string of the molecule is COc1ccc(-c2nc3c(Cl)nc(C(=O)O)nc3n2CCCN2CCCCC2)cc1. The van der Waals surface area contributed by atoms with Crippen LogP contribution in [0.1, 0.15) is 36.3 Å². The quantitative estimate of drug-likeness (QED) is 0.572. The van der Waals surface area contributed by atoms with Gasteiger partial charge in [0.05, 0.1) is 7.11 Å². The van der Waals surface area contributed by atoms with Gasteiger partial charge in [0.1, 0.15) is 17.1 Å². The third kappa shape index (κ3) is 4.24. The first-order valence-corrected chi connectivity index (χ1v) is 10.5. The number of piperidine rings is 1. The average Bonchev–Trinajstić information content (AvgIpc) is 3.14. The van der Waals surface area contributed by atoms with Crippen molar-refractivity contribution in [2.24, 2.45) is 0 Å². The highest BCUT2D eigenvalue weighted by Gasteiger charge is 2.21. The molecule has 0 amide bonds. The number of halogens is 1. The maximum absolute atomic E-state index is 11.4. The molecule has 3 heterocycles. The minimum absolute atomic E-state index is 0.0435. The fourth-order valence-electron chi connectivity index (χ4n) is 3.87. The summed E-state index contributed by atoms with van der Waals surface area (Å²) >= 11 is 6.26. The van der Waals surface area contributed by atoms with E-state index in [1.807, 2.05) is 28.8 Å². The van der Waals surface area contributed by atoms with Gasteiger partial charge in [-0.15, -0.1) is 0 Å². The van der Waals surface area contributed by atoms with Gasteiger partial charge in [0, 0.05) is 12.1 Å². The maximum Gasteiger partial charge on any atom is 0.374 e. The Morgan fingerprint density at radius 3 is 2.50 bits per heavy atom. The molecule has 0 bridgehead atoms. The van der Waals surface area contributed by atoms with Crippen LogP contribution in [-0.4, -0.2) is 62.2 Å². The molecule has 9 heteroatoms. The van der Waals surface area contributed by atoms with Gasteiger partial charge in [0.2, 0.25) is 5.82 Å². The molecular formula is C21H24ClN5O3. The second kappa shape index (κ2) is 8.97. The summed E-state index contributed by atoms with van der Waals surface area (Å²) in [4.78, 5) is 26.7. The second-order valence-electron chi connectivity index (χ2n) is 7.39. The Morgan fingerprint density at radius 1 is 1.10 bits per heavy atom. The number of likely N-dealkylation sites (tertiary alicyclic amines) is 1. The van der Waals surface area contributed by atoms with Crippen molar-refractivity contribution in [1.82, 2.24) is 24.4 Å². The molecule has 8 nitrogen and oxygen atoms in total. The number of aromatic nitrogens is 4. The van der Waals surface area contributed by atoms with Crippen molar-refractivity contribution in [1.29, 1.82) is 0 Å². The molecule has 0 radical (unpaired) electrons. The van der Waals surface area contributed by atoms with E-state index in [1.54, 1.807) is 7.11 Å². The number of ether oxygens (including phenoxy) is 1. The molecule has 1 N–H and O–H groups in total. The molecule has 2 aromatic heterocycles. The number of methoxy groups -OCH3 is 1. The Hall–Kier alpha value is -2.71. The largest absolute Gasteiger partial charge is 0.497 e. The lowest BCUT2D eigenvalue weighted by atomic mass is 10.1. The van der Waals surface area contributed by atoms with Crippen LogP contribution in [0.3, 0.4) is 0 Å². The van der Waals surface area contributed by atoms with E-state index in [4.69, 9.17) is 16.3 Å². The number of fused-ring (bicyclic) bond motifs is 1. The normalized spacial score (nSPS) is 14.9. The van der Waals surface area contributed by atoms with Crippen LogP contribution in [0.4, 0.5) is 0 Å². The highest BCUT2D eigenvalue weighted by Crippen LogP contribution is 2.29. The van der Waals surface area contributed by atoms with Gasteiger partial charge >= 0.3 is 5.97 Å². The van der Waals surface area contributed by atoms with Crippen molar-refractivity contribution in [3.8, 4) is 17.1 Å². The molecule has 0 aliphatic carbocycles. The van der Waals surface area contributed by atoms with Crippen molar-refractivity contribution >= 4 is 28.7 Å². The number of aromatic carboxylic acids is 1. The molecule has 4 rings (SSSR count). The number of carboxylic acid groups (broad SMARTS) is 1. The number of rotatable bonds is 7. The average molecular weight is 430 g/mol. The van der Waals surface area contributed by atoms with Crippen molar-refractivity contribution in [3.63, 3.8) is 0 Å². The van der Waals surface area contributed by atoms with Crippen molar-refractivity contribution in [2.75, 3.05) is 26.7 Å². The maximum atomic E-state index is 11.4. The molecule has 1 aliphatic rings. The molecule has 3 aromatic rings. The van der Waals surface area contributed by atoms with Gasteiger partial charge in [0.25, 0.3) is 0 Å². The van der Waals surface area contributed by atoms with E-state index in [0.29, 0.717) is 23.5 Å². The third-order valence-electron chi connectivity index (χ3n) is 5.40. The molecule has 1 saturated heterocycles. The van der Waals surface area contributed by atoms with E-state index in [2.05, 4.69) is 19.9 Å². The van der Waals surface area contributed by atoms with Crippen LogP contribution in [0.5, 0.6) is 5.75 Å². The van der Waals surface area contributed by atoms with Crippen molar-refractivity contribution in [2.45, 2.75) is 32.2 Å². The van der Waals surface area contributed by atoms with Gasteiger partial charge in [0.15, 0.2) is 10.8 Å². The fourth-order valence-corrected chi connectivity index (χ4v) is 4.08. The summed E-state index contributed by atoms with van der Waals surface area (Å²) in [5.74, 6) is -0.112. The highest BCUT2D eigenvalue weighted by molar-refractivity contribution is 6.33. The van der Waals surface area contributed by atoms with Gasteiger partial charge in [-0.1, -0.05) is 18.0 Å². The van der Waals surface area contributed by atoms with E-state index in [-0.39, 0.29) is 11.0 Å². The Bertz CT molecular complexity index is 1040. The molecule has 1 fully saturated rings. The topological polar surface area (TPSA) is 93.4 Å². The molecule has 0 atom stereocenters. The number of benzene rings is 1. The predicted octanol–water partition coefficient (Wildman–Crippen LogP) is 3.73. The monoisotopic (exact) mass is 429 g/mol. The molecule has 0 unspecified atom stereocenters. The lowest BCUT2D eigenvalue weighted by Crippen LogP contribution is -2.31. The molecule has 1 aliphatic heterocycles. The fraction of sp³-hybridized carbons (Fsp3) is 0.429. The van der Waals surface area contributed by atoms with Crippen LogP contribution in [0.2, 0.25) is 5.15 Å². The van der Waals surface area contributed by atoms with E-state index < -0.39 is 5.97 Å². The molecule has 158 valence electrons. The van der Waals surface area contributed by atoms with Crippen molar-refractivity contribution in [3.05, 3.63) is 35.2 Å². The van der Waals surface area contributed by atoms with Crippen LogP contribution >= 0.6 is 11.6 Å². The van der Waals surface area contributed by atoms with Gasteiger partial charge in [-0.2, -0.15) is 0 Å².